The monoisotopic (exact) mass is 309 g/mol. The number of piperazine rings is 1. The van der Waals surface area contributed by atoms with E-state index in [0.717, 1.165) is 31.0 Å². The van der Waals surface area contributed by atoms with Gasteiger partial charge >= 0.3 is 0 Å². The molecular formula is C17H28ClN3. The van der Waals surface area contributed by atoms with E-state index in [0.29, 0.717) is 6.04 Å². The minimum Gasteiger partial charge on any atom is -0.310 e. The molecule has 118 valence electrons. The van der Waals surface area contributed by atoms with E-state index in [2.05, 4.69) is 41.2 Å². The predicted molar refractivity (Wildman–Crippen MR) is 91.0 cm³/mol. The number of likely N-dealkylation sites (N-methyl/N-ethyl adjacent to an activating group) is 1. The van der Waals surface area contributed by atoms with Crippen LogP contribution in [0, 0.1) is 0 Å². The van der Waals surface area contributed by atoms with Crippen molar-refractivity contribution in [3.8, 4) is 0 Å². The van der Waals surface area contributed by atoms with Gasteiger partial charge in [-0.25, -0.2) is 0 Å². The molecule has 3 nitrogen and oxygen atoms in total. The fourth-order valence-electron chi connectivity index (χ4n) is 2.81. The summed E-state index contributed by atoms with van der Waals surface area (Å²) in [4.78, 5) is 4.98. The van der Waals surface area contributed by atoms with Gasteiger partial charge in [-0.15, -0.1) is 0 Å². The second kappa shape index (κ2) is 8.74. The van der Waals surface area contributed by atoms with Crippen molar-refractivity contribution >= 4 is 11.6 Å². The highest BCUT2D eigenvalue weighted by Crippen LogP contribution is 2.21. The Bertz CT molecular complexity index is 416. The molecule has 21 heavy (non-hydrogen) atoms. The van der Waals surface area contributed by atoms with Crippen molar-refractivity contribution in [2.45, 2.75) is 25.8 Å². The van der Waals surface area contributed by atoms with Crippen LogP contribution in [0.3, 0.4) is 0 Å². The highest BCUT2D eigenvalue weighted by molar-refractivity contribution is 6.30. The van der Waals surface area contributed by atoms with Gasteiger partial charge in [-0.1, -0.05) is 30.7 Å². The van der Waals surface area contributed by atoms with Crippen molar-refractivity contribution in [3.63, 3.8) is 0 Å². The highest BCUT2D eigenvalue weighted by Gasteiger charge is 2.16. The smallest absolute Gasteiger partial charge is 0.0409 e. The average Bonchev–Trinajstić information content (AvgIpc) is 2.49. The first-order chi connectivity index (χ1) is 10.2. The molecule has 1 saturated heterocycles. The van der Waals surface area contributed by atoms with E-state index in [1.54, 1.807) is 0 Å². The van der Waals surface area contributed by atoms with Crippen LogP contribution in [0.2, 0.25) is 5.02 Å². The Morgan fingerprint density at radius 1 is 1.24 bits per heavy atom. The molecule has 0 spiro atoms. The fraction of sp³-hybridized carbons (Fsp3) is 0.647. The summed E-state index contributed by atoms with van der Waals surface area (Å²) in [5, 5.41) is 4.49. The first kappa shape index (κ1) is 16.8. The number of hydrogen-bond donors (Lipinski definition) is 1. The quantitative estimate of drug-likeness (QED) is 0.835. The Balaban J connectivity index is 1.90. The Hall–Kier alpha value is -0.610. The summed E-state index contributed by atoms with van der Waals surface area (Å²) in [7, 11) is 2.20. The summed E-state index contributed by atoms with van der Waals surface area (Å²) in [6.45, 7) is 9.16. The van der Waals surface area contributed by atoms with E-state index in [4.69, 9.17) is 11.6 Å². The first-order valence-electron chi connectivity index (χ1n) is 8.08. The maximum atomic E-state index is 6.14. The zero-order valence-electron chi connectivity index (χ0n) is 13.3. The topological polar surface area (TPSA) is 18.5 Å². The lowest BCUT2D eigenvalue weighted by Gasteiger charge is -2.33. The van der Waals surface area contributed by atoms with Crippen LogP contribution in [0.15, 0.2) is 24.3 Å². The van der Waals surface area contributed by atoms with Crippen LogP contribution in [-0.4, -0.2) is 56.1 Å². The molecule has 1 aromatic carbocycles. The molecule has 1 atom stereocenters. The Morgan fingerprint density at radius 3 is 2.67 bits per heavy atom. The van der Waals surface area contributed by atoms with Gasteiger partial charge in [-0.05, 0) is 44.1 Å². The third-order valence-electron chi connectivity index (χ3n) is 4.22. The molecule has 1 fully saturated rings. The normalized spacial score (nSPS) is 18.8. The summed E-state index contributed by atoms with van der Waals surface area (Å²) in [6, 6.07) is 8.68. The standard InChI is InChI=1S/C17H28ClN3/c1-3-8-19-17(15-5-4-6-16(18)14-15)7-9-21-12-10-20(2)11-13-21/h4-6,14,17,19H,3,7-13H2,1-2H3. The van der Waals surface area contributed by atoms with Crippen molar-refractivity contribution in [1.29, 1.82) is 0 Å². The van der Waals surface area contributed by atoms with Crippen LogP contribution < -0.4 is 5.32 Å². The van der Waals surface area contributed by atoms with Crippen LogP contribution in [0.4, 0.5) is 0 Å². The minimum atomic E-state index is 0.406. The molecule has 4 heteroatoms. The molecule has 1 unspecified atom stereocenters. The van der Waals surface area contributed by atoms with Crippen LogP contribution in [-0.2, 0) is 0 Å². The van der Waals surface area contributed by atoms with E-state index >= 15 is 0 Å². The van der Waals surface area contributed by atoms with Crippen LogP contribution in [0.5, 0.6) is 0 Å². The average molecular weight is 310 g/mol. The summed E-state index contributed by atoms with van der Waals surface area (Å²) >= 11 is 6.14. The molecular weight excluding hydrogens is 282 g/mol. The lowest BCUT2D eigenvalue weighted by molar-refractivity contribution is 0.148. The molecule has 2 rings (SSSR count). The summed E-state index contributed by atoms with van der Waals surface area (Å²) in [5.74, 6) is 0. The van der Waals surface area contributed by atoms with Crippen LogP contribution >= 0.6 is 11.6 Å². The number of nitrogens with one attached hydrogen (secondary N) is 1. The Morgan fingerprint density at radius 2 is 2.00 bits per heavy atom. The van der Waals surface area contributed by atoms with E-state index in [1.165, 1.54) is 31.7 Å². The second-order valence-corrected chi connectivity index (χ2v) is 6.43. The molecule has 1 N–H and O–H groups in total. The van der Waals surface area contributed by atoms with E-state index in [-0.39, 0.29) is 0 Å². The molecule has 0 radical (unpaired) electrons. The van der Waals surface area contributed by atoms with Gasteiger partial charge in [0, 0.05) is 43.8 Å². The summed E-state index contributed by atoms with van der Waals surface area (Å²) in [6.07, 6.45) is 2.30. The van der Waals surface area contributed by atoms with Crippen LogP contribution in [0.25, 0.3) is 0 Å². The highest BCUT2D eigenvalue weighted by atomic mass is 35.5. The zero-order chi connectivity index (χ0) is 15.1. The third kappa shape index (κ3) is 5.59. The Kier molecular flexibility index (Phi) is 6.97. The van der Waals surface area contributed by atoms with Crippen molar-refractivity contribution in [3.05, 3.63) is 34.9 Å². The van der Waals surface area contributed by atoms with Crippen LogP contribution in [0.1, 0.15) is 31.4 Å². The molecule has 1 heterocycles. The van der Waals surface area contributed by atoms with Gasteiger partial charge in [0.25, 0.3) is 0 Å². The number of hydrogen-bond acceptors (Lipinski definition) is 3. The molecule has 1 aliphatic rings. The van der Waals surface area contributed by atoms with Gasteiger partial charge in [0.2, 0.25) is 0 Å². The van der Waals surface area contributed by atoms with Gasteiger partial charge in [-0.3, -0.25) is 0 Å². The first-order valence-corrected chi connectivity index (χ1v) is 8.46. The van der Waals surface area contributed by atoms with Crippen molar-refractivity contribution in [1.82, 2.24) is 15.1 Å². The molecule has 1 aliphatic heterocycles. The molecule has 0 bridgehead atoms. The largest absolute Gasteiger partial charge is 0.310 e. The molecule has 1 aromatic rings. The number of nitrogens with zero attached hydrogens (tertiary/aromatic N) is 2. The third-order valence-corrected chi connectivity index (χ3v) is 4.46. The van der Waals surface area contributed by atoms with E-state index in [9.17, 15) is 0 Å². The predicted octanol–water partition coefficient (Wildman–Crippen LogP) is 3.02. The van der Waals surface area contributed by atoms with Gasteiger partial charge in [0.1, 0.15) is 0 Å². The maximum absolute atomic E-state index is 6.14. The summed E-state index contributed by atoms with van der Waals surface area (Å²) in [5.41, 5.74) is 1.31. The lowest BCUT2D eigenvalue weighted by Crippen LogP contribution is -2.45. The molecule has 0 aliphatic carbocycles. The molecule has 0 saturated carbocycles. The second-order valence-electron chi connectivity index (χ2n) is 6.00. The minimum absolute atomic E-state index is 0.406. The SMILES string of the molecule is CCCNC(CCN1CCN(C)CC1)c1cccc(Cl)c1. The van der Waals surface area contributed by atoms with Crippen molar-refractivity contribution in [2.24, 2.45) is 0 Å². The fourth-order valence-corrected chi connectivity index (χ4v) is 3.01. The number of rotatable bonds is 7. The zero-order valence-corrected chi connectivity index (χ0v) is 14.1. The van der Waals surface area contributed by atoms with Crippen molar-refractivity contribution in [2.75, 3.05) is 46.3 Å². The van der Waals surface area contributed by atoms with Gasteiger partial charge in [0.15, 0.2) is 0 Å². The van der Waals surface area contributed by atoms with E-state index in [1.807, 2.05) is 12.1 Å². The molecule has 0 aromatic heterocycles. The Labute approximate surface area is 134 Å². The van der Waals surface area contributed by atoms with Gasteiger partial charge in [0.05, 0.1) is 0 Å². The van der Waals surface area contributed by atoms with Crippen molar-refractivity contribution < 1.29 is 0 Å². The molecule has 0 amide bonds. The van der Waals surface area contributed by atoms with E-state index < -0.39 is 0 Å². The lowest BCUT2D eigenvalue weighted by atomic mass is 10.0. The van der Waals surface area contributed by atoms with Gasteiger partial charge < -0.3 is 15.1 Å². The maximum Gasteiger partial charge on any atom is 0.0409 e. The number of halogens is 1. The number of benzene rings is 1. The van der Waals surface area contributed by atoms with Gasteiger partial charge in [-0.2, -0.15) is 0 Å². The summed E-state index contributed by atoms with van der Waals surface area (Å²) < 4.78 is 0.